The number of hydrogen-bond acceptors (Lipinski definition) is 4. The van der Waals surface area contributed by atoms with Gasteiger partial charge in [-0.05, 0) is 17.7 Å². The molecule has 0 atom stereocenters. The summed E-state index contributed by atoms with van der Waals surface area (Å²) in [5.41, 5.74) is 2.09. The van der Waals surface area contributed by atoms with Gasteiger partial charge >= 0.3 is 0 Å². The molecule has 5 nitrogen and oxygen atoms in total. The number of anilines is 1. The second-order valence-electron chi connectivity index (χ2n) is 5.81. The Balaban J connectivity index is 1.82. The number of halogens is 1. The van der Waals surface area contributed by atoms with Crippen molar-refractivity contribution in [3.63, 3.8) is 0 Å². The minimum absolute atomic E-state index is 0.272. The third-order valence-corrected chi connectivity index (χ3v) is 4.04. The van der Waals surface area contributed by atoms with E-state index >= 15 is 0 Å². The first-order valence-electron chi connectivity index (χ1n) is 8.47. The summed E-state index contributed by atoms with van der Waals surface area (Å²) in [7, 11) is 0. The highest BCUT2D eigenvalue weighted by atomic mass is 35.5. The van der Waals surface area contributed by atoms with Crippen LogP contribution in [0, 0.1) is 0 Å². The average molecular weight is 379 g/mol. The van der Waals surface area contributed by atoms with Crippen LogP contribution in [-0.2, 0) is 6.54 Å². The fourth-order valence-corrected chi connectivity index (χ4v) is 2.55. The van der Waals surface area contributed by atoms with Crippen LogP contribution in [0.5, 0.6) is 0 Å². The van der Waals surface area contributed by atoms with Gasteiger partial charge in [0.15, 0.2) is 5.82 Å². The summed E-state index contributed by atoms with van der Waals surface area (Å²) in [4.78, 5) is 21.5. The van der Waals surface area contributed by atoms with Crippen molar-refractivity contribution in [2.75, 3.05) is 11.9 Å². The van der Waals surface area contributed by atoms with Gasteiger partial charge in [-0.1, -0.05) is 60.1 Å². The van der Waals surface area contributed by atoms with Crippen LogP contribution in [-0.4, -0.2) is 22.4 Å². The molecule has 6 heteroatoms. The molecule has 27 heavy (non-hydrogen) atoms. The van der Waals surface area contributed by atoms with Gasteiger partial charge in [-0.25, -0.2) is 9.97 Å². The Bertz CT molecular complexity index is 927. The van der Waals surface area contributed by atoms with Crippen molar-refractivity contribution in [2.45, 2.75) is 6.54 Å². The maximum absolute atomic E-state index is 12.6. The molecule has 136 valence electrons. The molecule has 3 aromatic rings. The summed E-state index contributed by atoms with van der Waals surface area (Å²) in [6.45, 7) is 4.61. The van der Waals surface area contributed by atoms with Crippen LogP contribution in [0.1, 0.15) is 16.1 Å². The normalized spacial score (nSPS) is 10.3. The fourth-order valence-electron chi connectivity index (χ4n) is 2.42. The number of benzene rings is 2. The van der Waals surface area contributed by atoms with E-state index in [1.807, 2.05) is 42.5 Å². The van der Waals surface area contributed by atoms with Gasteiger partial charge in [-0.2, -0.15) is 0 Å². The molecule has 0 saturated carbocycles. The minimum Gasteiger partial charge on any atom is -0.366 e. The Kier molecular flexibility index (Phi) is 6.18. The van der Waals surface area contributed by atoms with Gasteiger partial charge in [0.2, 0.25) is 0 Å². The molecule has 0 radical (unpaired) electrons. The van der Waals surface area contributed by atoms with E-state index in [9.17, 15) is 4.79 Å². The summed E-state index contributed by atoms with van der Waals surface area (Å²) in [5.74, 6) is 0.785. The first-order valence-corrected chi connectivity index (χ1v) is 8.85. The van der Waals surface area contributed by atoms with E-state index in [4.69, 9.17) is 11.6 Å². The highest BCUT2D eigenvalue weighted by Gasteiger charge is 2.13. The van der Waals surface area contributed by atoms with Gasteiger partial charge in [0.1, 0.15) is 11.5 Å². The number of nitrogens with one attached hydrogen (secondary N) is 2. The highest BCUT2D eigenvalue weighted by Crippen LogP contribution is 2.18. The van der Waals surface area contributed by atoms with Crippen LogP contribution in [0.4, 0.5) is 5.82 Å². The quantitative estimate of drug-likeness (QED) is 0.601. The number of nitrogens with zero attached hydrogens (tertiary/aromatic N) is 2. The Hall–Kier alpha value is -3.18. The third-order valence-electron chi connectivity index (χ3n) is 3.78. The standard InChI is InChI=1S/C21H19ClN4O/c1-2-12-23-19-13-18(25-20(26-19)16-6-4-3-5-7-16)21(27)24-14-15-8-10-17(22)11-9-15/h2-11,13H,1,12,14H2,(H,24,27)(H,23,25,26). The summed E-state index contributed by atoms with van der Waals surface area (Å²) in [6, 6.07) is 18.5. The molecule has 1 heterocycles. The minimum atomic E-state index is -0.272. The number of amides is 1. The molecule has 0 unspecified atom stereocenters. The first-order chi connectivity index (χ1) is 13.2. The lowest BCUT2D eigenvalue weighted by Crippen LogP contribution is -2.24. The summed E-state index contributed by atoms with van der Waals surface area (Å²) < 4.78 is 0. The summed E-state index contributed by atoms with van der Waals surface area (Å²) in [5, 5.41) is 6.65. The Morgan fingerprint density at radius 1 is 1.07 bits per heavy atom. The molecular weight excluding hydrogens is 360 g/mol. The molecular formula is C21H19ClN4O. The van der Waals surface area contributed by atoms with Crippen molar-refractivity contribution in [3.05, 3.63) is 89.6 Å². The predicted molar refractivity (Wildman–Crippen MR) is 109 cm³/mol. The lowest BCUT2D eigenvalue weighted by atomic mass is 10.2. The molecule has 0 saturated heterocycles. The second kappa shape index (κ2) is 8.96. The molecule has 2 N–H and O–H groups in total. The maximum atomic E-state index is 12.6. The van der Waals surface area contributed by atoms with Crippen molar-refractivity contribution in [1.29, 1.82) is 0 Å². The largest absolute Gasteiger partial charge is 0.366 e. The van der Waals surface area contributed by atoms with Gasteiger partial charge in [0.05, 0.1) is 0 Å². The van der Waals surface area contributed by atoms with Crippen LogP contribution in [0.2, 0.25) is 5.02 Å². The number of hydrogen-bond donors (Lipinski definition) is 2. The van der Waals surface area contributed by atoms with Crippen LogP contribution < -0.4 is 10.6 Å². The van der Waals surface area contributed by atoms with Crippen molar-refractivity contribution < 1.29 is 4.79 Å². The smallest absolute Gasteiger partial charge is 0.270 e. The fraction of sp³-hybridized carbons (Fsp3) is 0.0952. The molecule has 0 bridgehead atoms. The zero-order valence-electron chi connectivity index (χ0n) is 14.7. The maximum Gasteiger partial charge on any atom is 0.270 e. The number of aromatic nitrogens is 2. The molecule has 0 fully saturated rings. The van der Waals surface area contributed by atoms with E-state index in [0.717, 1.165) is 11.1 Å². The van der Waals surface area contributed by atoms with Gasteiger partial charge in [0.25, 0.3) is 5.91 Å². The molecule has 3 rings (SSSR count). The predicted octanol–water partition coefficient (Wildman–Crippen LogP) is 4.32. The zero-order valence-corrected chi connectivity index (χ0v) is 15.4. The summed E-state index contributed by atoms with van der Waals surface area (Å²) in [6.07, 6.45) is 1.73. The third kappa shape index (κ3) is 5.15. The number of rotatable bonds is 7. The lowest BCUT2D eigenvalue weighted by Gasteiger charge is -2.10. The number of carbonyl (C=O) groups excluding carboxylic acids is 1. The van der Waals surface area contributed by atoms with E-state index in [1.54, 1.807) is 24.3 Å². The van der Waals surface area contributed by atoms with E-state index in [0.29, 0.717) is 35.4 Å². The lowest BCUT2D eigenvalue weighted by molar-refractivity contribution is 0.0946. The first kappa shape index (κ1) is 18.6. The van der Waals surface area contributed by atoms with Crippen molar-refractivity contribution in [3.8, 4) is 11.4 Å². The SMILES string of the molecule is C=CCNc1cc(C(=O)NCc2ccc(Cl)cc2)nc(-c2ccccc2)n1. The number of carbonyl (C=O) groups is 1. The molecule has 2 aromatic carbocycles. The van der Waals surface area contributed by atoms with Crippen molar-refractivity contribution in [1.82, 2.24) is 15.3 Å². The molecule has 1 amide bonds. The van der Waals surface area contributed by atoms with Crippen LogP contribution in [0.15, 0.2) is 73.3 Å². The Morgan fingerprint density at radius 3 is 2.52 bits per heavy atom. The van der Waals surface area contributed by atoms with E-state index in [-0.39, 0.29) is 5.91 Å². The zero-order chi connectivity index (χ0) is 19.1. The molecule has 0 aliphatic rings. The van der Waals surface area contributed by atoms with E-state index in [1.165, 1.54) is 0 Å². The van der Waals surface area contributed by atoms with Gasteiger partial charge in [-0.3, -0.25) is 4.79 Å². The van der Waals surface area contributed by atoms with E-state index in [2.05, 4.69) is 27.2 Å². The van der Waals surface area contributed by atoms with Crippen molar-refractivity contribution >= 4 is 23.3 Å². The van der Waals surface area contributed by atoms with Gasteiger partial charge < -0.3 is 10.6 Å². The van der Waals surface area contributed by atoms with Crippen LogP contribution >= 0.6 is 11.6 Å². The van der Waals surface area contributed by atoms with Crippen molar-refractivity contribution in [2.24, 2.45) is 0 Å². The monoisotopic (exact) mass is 378 g/mol. The molecule has 0 aliphatic carbocycles. The molecule has 0 aliphatic heterocycles. The average Bonchev–Trinajstić information content (AvgIpc) is 2.72. The summed E-state index contributed by atoms with van der Waals surface area (Å²) >= 11 is 5.89. The highest BCUT2D eigenvalue weighted by molar-refractivity contribution is 6.30. The van der Waals surface area contributed by atoms with Crippen LogP contribution in [0.3, 0.4) is 0 Å². The second-order valence-corrected chi connectivity index (χ2v) is 6.24. The van der Waals surface area contributed by atoms with Gasteiger partial charge in [0, 0.05) is 29.7 Å². The van der Waals surface area contributed by atoms with Gasteiger partial charge in [-0.15, -0.1) is 6.58 Å². The Labute approximate surface area is 163 Å². The topological polar surface area (TPSA) is 66.9 Å². The molecule has 1 aromatic heterocycles. The molecule has 0 spiro atoms. The van der Waals surface area contributed by atoms with E-state index < -0.39 is 0 Å². The Morgan fingerprint density at radius 2 is 1.81 bits per heavy atom. The van der Waals surface area contributed by atoms with Crippen LogP contribution in [0.25, 0.3) is 11.4 Å².